The lowest BCUT2D eigenvalue weighted by Crippen LogP contribution is -2.25. The van der Waals surface area contributed by atoms with Crippen LogP contribution in [-0.4, -0.2) is 0 Å². The zero-order chi connectivity index (χ0) is 14.2. The highest BCUT2D eigenvalue weighted by atomic mass is 14.4. The first kappa shape index (κ1) is 13.4. The van der Waals surface area contributed by atoms with Crippen LogP contribution in [0.15, 0.2) is 54.2 Å². The van der Waals surface area contributed by atoms with Crippen LogP contribution in [0.4, 0.5) is 0 Å². The van der Waals surface area contributed by atoms with Crippen molar-refractivity contribution in [3.8, 4) is 0 Å². The van der Waals surface area contributed by atoms with Crippen LogP contribution >= 0.6 is 0 Å². The fraction of sp³-hybridized carbons (Fsp3) is 0.400. The maximum atomic E-state index is 4.46. The number of fused-ring (bicyclic) bond motifs is 2. The van der Waals surface area contributed by atoms with E-state index in [9.17, 15) is 0 Å². The van der Waals surface area contributed by atoms with Crippen molar-refractivity contribution in [1.29, 1.82) is 0 Å². The van der Waals surface area contributed by atoms with Gasteiger partial charge in [0, 0.05) is 5.41 Å². The topological polar surface area (TPSA) is 0 Å². The lowest BCUT2D eigenvalue weighted by atomic mass is 9.70. The molecule has 1 saturated carbocycles. The summed E-state index contributed by atoms with van der Waals surface area (Å²) in [6, 6.07) is 6.98. The maximum Gasteiger partial charge on any atom is 0.0200 e. The van der Waals surface area contributed by atoms with Gasteiger partial charge < -0.3 is 0 Å². The van der Waals surface area contributed by atoms with E-state index in [1.54, 1.807) is 0 Å². The SMILES string of the molecule is C=C1/C=C(C)\C=C/Cc2ccc(C)cc2C12CCCC2. The molecular weight excluding hydrogens is 240 g/mol. The second-order valence-electron chi connectivity index (χ2n) is 6.47. The van der Waals surface area contributed by atoms with Gasteiger partial charge in [-0.25, -0.2) is 0 Å². The van der Waals surface area contributed by atoms with E-state index in [2.05, 4.69) is 56.9 Å². The Kier molecular flexibility index (Phi) is 3.41. The summed E-state index contributed by atoms with van der Waals surface area (Å²) >= 11 is 0. The molecule has 1 fully saturated rings. The van der Waals surface area contributed by atoms with Crippen molar-refractivity contribution in [2.75, 3.05) is 0 Å². The van der Waals surface area contributed by atoms with Crippen molar-refractivity contribution in [3.05, 3.63) is 70.8 Å². The van der Waals surface area contributed by atoms with Gasteiger partial charge in [0.2, 0.25) is 0 Å². The number of hydrogen-bond acceptors (Lipinski definition) is 0. The molecule has 0 amide bonds. The van der Waals surface area contributed by atoms with Gasteiger partial charge in [-0.3, -0.25) is 0 Å². The van der Waals surface area contributed by atoms with Crippen molar-refractivity contribution >= 4 is 0 Å². The summed E-state index contributed by atoms with van der Waals surface area (Å²) in [5.74, 6) is 0. The van der Waals surface area contributed by atoms with Crippen LogP contribution in [0.2, 0.25) is 0 Å². The molecule has 2 aliphatic rings. The molecule has 3 rings (SSSR count). The minimum absolute atomic E-state index is 0.189. The van der Waals surface area contributed by atoms with Crippen molar-refractivity contribution in [2.24, 2.45) is 0 Å². The Morgan fingerprint density at radius 2 is 1.85 bits per heavy atom. The maximum absolute atomic E-state index is 4.46. The van der Waals surface area contributed by atoms with E-state index >= 15 is 0 Å². The molecule has 0 atom stereocenters. The summed E-state index contributed by atoms with van der Waals surface area (Å²) in [7, 11) is 0. The van der Waals surface area contributed by atoms with Crippen LogP contribution in [0.1, 0.15) is 49.3 Å². The number of benzene rings is 1. The Morgan fingerprint density at radius 3 is 2.60 bits per heavy atom. The van der Waals surface area contributed by atoms with Crippen molar-refractivity contribution < 1.29 is 0 Å². The second-order valence-corrected chi connectivity index (χ2v) is 6.47. The number of allylic oxidation sites excluding steroid dienone is 5. The molecule has 0 heteroatoms. The Morgan fingerprint density at radius 1 is 1.10 bits per heavy atom. The lowest BCUT2D eigenvalue weighted by molar-refractivity contribution is 0.530. The first-order valence-corrected chi connectivity index (χ1v) is 7.76. The Labute approximate surface area is 122 Å². The second kappa shape index (κ2) is 5.09. The van der Waals surface area contributed by atoms with Crippen molar-refractivity contribution in [2.45, 2.75) is 51.4 Å². The number of aryl methyl sites for hydroxylation is 1. The molecule has 0 saturated heterocycles. The van der Waals surface area contributed by atoms with Crippen LogP contribution in [0.25, 0.3) is 0 Å². The monoisotopic (exact) mass is 264 g/mol. The average molecular weight is 264 g/mol. The summed E-state index contributed by atoms with van der Waals surface area (Å²) < 4.78 is 0. The van der Waals surface area contributed by atoms with E-state index in [-0.39, 0.29) is 5.41 Å². The summed E-state index contributed by atoms with van der Waals surface area (Å²) in [6.45, 7) is 8.85. The molecule has 1 aromatic rings. The largest absolute Gasteiger partial charge is 0.0949 e. The van der Waals surface area contributed by atoms with E-state index < -0.39 is 0 Å². The van der Waals surface area contributed by atoms with Gasteiger partial charge in [-0.05, 0) is 49.8 Å². The molecule has 0 aliphatic heterocycles. The van der Waals surface area contributed by atoms with E-state index in [0.29, 0.717) is 0 Å². The van der Waals surface area contributed by atoms with Gasteiger partial charge in [0.15, 0.2) is 0 Å². The Balaban J connectivity index is 2.22. The predicted molar refractivity (Wildman–Crippen MR) is 87.1 cm³/mol. The van der Waals surface area contributed by atoms with Gasteiger partial charge in [0.1, 0.15) is 0 Å². The van der Waals surface area contributed by atoms with Gasteiger partial charge in [0.25, 0.3) is 0 Å². The molecule has 0 nitrogen and oxygen atoms in total. The van der Waals surface area contributed by atoms with E-state index in [0.717, 1.165) is 6.42 Å². The number of hydrogen-bond donors (Lipinski definition) is 0. The van der Waals surface area contributed by atoms with E-state index in [4.69, 9.17) is 0 Å². The standard InChI is InChI=1S/C20H24/c1-15-7-6-8-18-10-9-16(2)14-19(18)20(17(3)13-15)11-4-5-12-20/h6-7,9-10,13-14H,3-5,8,11-12H2,1-2H3/b7-6-,15-13-. The third-order valence-electron chi connectivity index (χ3n) is 4.97. The zero-order valence-electron chi connectivity index (χ0n) is 12.7. The molecule has 0 radical (unpaired) electrons. The molecule has 104 valence electrons. The zero-order valence-corrected chi connectivity index (χ0v) is 12.7. The van der Waals surface area contributed by atoms with Gasteiger partial charge >= 0.3 is 0 Å². The average Bonchev–Trinajstić information content (AvgIpc) is 2.91. The molecule has 20 heavy (non-hydrogen) atoms. The normalized spacial score (nSPS) is 25.3. The third-order valence-corrected chi connectivity index (χ3v) is 4.97. The first-order valence-electron chi connectivity index (χ1n) is 7.76. The molecule has 1 spiro atoms. The fourth-order valence-electron chi connectivity index (χ4n) is 3.89. The smallest absolute Gasteiger partial charge is 0.0200 e. The summed E-state index contributed by atoms with van der Waals surface area (Å²) in [5.41, 5.74) is 7.21. The molecule has 0 unspecified atom stereocenters. The predicted octanol–water partition coefficient (Wildman–Crippen LogP) is 5.42. The highest BCUT2D eigenvalue weighted by Crippen LogP contribution is 2.48. The van der Waals surface area contributed by atoms with Gasteiger partial charge in [-0.2, -0.15) is 0 Å². The summed E-state index contributed by atoms with van der Waals surface area (Å²) in [5, 5.41) is 0. The van der Waals surface area contributed by atoms with Crippen LogP contribution in [0.5, 0.6) is 0 Å². The minimum atomic E-state index is 0.189. The van der Waals surface area contributed by atoms with Gasteiger partial charge in [0.05, 0.1) is 0 Å². The molecule has 0 N–H and O–H groups in total. The minimum Gasteiger partial charge on any atom is -0.0949 e. The van der Waals surface area contributed by atoms with E-state index in [1.165, 1.54) is 53.5 Å². The van der Waals surface area contributed by atoms with Crippen molar-refractivity contribution in [3.63, 3.8) is 0 Å². The molecule has 0 heterocycles. The van der Waals surface area contributed by atoms with Crippen LogP contribution < -0.4 is 0 Å². The Bertz CT molecular complexity index is 592. The highest BCUT2D eigenvalue weighted by Gasteiger charge is 2.38. The van der Waals surface area contributed by atoms with Crippen LogP contribution in [0, 0.1) is 6.92 Å². The highest BCUT2D eigenvalue weighted by molar-refractivity contribution is 5.50. The molecule has 0 bridgehead atoms. The van der Waals surface area contributed by atoms with Crippen LogP contribution in [-0.2, 0) is 11.8 Å². The summed E-state index contributed by atoms with van der Waals surface area (Å²) in [6.07, 6.45) is 13.0. The van der Waals surface area contributed by atoms with Gasteiger partial charge in [-0.1, -0.05) is 67.0 Å². The van der Waals surface area contributed by atoms with Crippen LogP contribution in [0.3, 0.4) is 0 Å². The number of rotatable bonds is 0. The summed E-state index contributed by atoms with van der Waals surface area (Å²) in [4.78, 5) is 0. The third kappa shape index (κ3) is 2.18. The van der Waals surface area contributed by atoms with E-state index in [1.807, 2.05) is 0 Å². The molecule has 2 aliphatic carbocycles. The Hall–Kier alpha value is -1.56. The van der Waals surface area contributed by atoms with Gasteiger partial charge in [-0.15, -0.1) is 0 Å². The fourth-order valence-corrected chi connectivity index (χ4v) is 3.89. The quantitative estimate of drug-likeness (QED) is 0.587. The van der Waals surface area contributed by atoms with Crippen molar-refractivity contribution in [1.82, 2.24) is 0 Å². The first-order chi connectivity index (χ1) is 9.62. The molecule has 0 aromatic heterocycles. The molecule has 1 aromatic carbocycles. The lowest BCUT2D eigenvalue weighted by Gasteiger charge is -2.33. The molecular formula is C20H24.